The Morgan fingerprint density at radius 2 is 1.62 bits per heavy atom. The third-order valence-electron chi connectivity index (χ3n) is 2.07. The van der Waals surface area contributed by atoms with E-state index in [9.17, 15) is 31.1 Å². The summed E-state index contributed by atoms with van der Waals surface area (Å²) in [5.74, 6) is -3.67. The lowest BCUT2D eigenvalue weighted by Gasteiger charge is -2.22. The van der Waals surface area contributed by atoms with E-state index in [0.29, 0.717) is 0 Å². The number of ether oxygens (including phenoxy) is 2. The molecule has 0 spiro atoms. The highest BCUT2D eigenvalue weighted by Crippen LogP contribution is 2.35. The molecule has 118 valence electrons. The molecule has 0 aliphatic rings. The van der Waals surface area contributed by atoms with Gasteiger partial charge in [-0.25, -0.2) is 0 Å². The lowest BCUT2D eigenvalue weighted by Crippen LogP contribution is -2.36. The summed E-state index contributed by atoms with van der Waals surface area (Å²) in [4.78, 5) is 10.4. The van der Waals surface area contributed by atoms with Crippen LogP contribution in [0.25, 0.3) is 0 Å². The van der Waals surface area contributed by atoms with E-state index in [1.54, 1.807) is 0 Å². The fourth-order valence-corrected chi connectivity index (χ4v) is 1.29. The molecule has 1 N–H and O–H groups in total. The Labute approximate surface area is 113 Å². The Morgan fingerprint density at radius 3 is 2.05 bits per heavy atom. The predicted octanol–water partition coefficient (Wildman–Crippen LogP) is 3.37. The molecule has 4 nitrogen and oxygen atoms in total. The van der Waals surface area contributed by atoms with Crippen molar-refractivity contribution in [1.82, 2.24) is 0 Å². The van der Waals surface area contributed by atoms with Gasteiger partial charge in [0.25, 0.3) is 0 Å². The summed E-state index contributed by atoms with van der Waals surface area (Å²) >= 11 is 0. The van der Waals surface area contributed by atoms with E-state index in [2.05, 4.69) is 9.47 Å². The Balaban J connectivity index is 3.01. The van der Waals surface area contributed by atoms with Gasteiger partial charge in [0.1, 0.15) is 0 Å². The molecule has 1 unspecified atom stereocenters. The van der Waals surface area contributed by atoms with Crippen molar-refractivity contribution in [2.75, 3.05) is 0 Å². The predicted molar refractivity (Wildman–Crippen MR) is 55.8 cm³/mol. The normalized spacial score (nSPS) is 13.6. The minimum atomic E-state index is -5.13. The number of aliphatic carboxylic acids is 1. The first kappa shape index (κ1) is 16.9. The molecule has 0 radical (unpaired) electrons. The molecule has 10 heteroatoms. The summed E-state index contributed by atoms with van der Waals surface area (Å²) in [6, 6.07) is 3.76. The number of halogens is 6. The van der Waals surface area contributed by atoms with Crippen LogP contribution < -0.4 is 9.47 Å². The number of benzene rings is 1. The van der Waals surface area contributed by atoms with Crippen LogP contribution >= 0.6 is 0 Å². The van der Waals surface area contributed by atoms with Gasteiger partial charge in [-0.05, 0) is 12.1 Å². The SMILES string of the molecule is O=C(O)CC(Oc1ccccc1OC(F)(F)F)C(F)(F)F. The number of alkyl halides is 6. The molecular weight excluding hydrogens is 310 g/mol. The molecule has 1 aromatic carbocycles. The van der Waals surface area contributed by atoms with Crippen molar-refractivity contribution < 1.29 is 45.7 Å². The lowest BCUT2D eigenvalue weighted by molar-refractivity contribution is -0.275. The van der Waals surface area contributed by atoms with E-state index in [-0.39, 0.29) is 0 Å². The van der Waals surface area contributed by atoms with Crippen LogP contribution in [0, 0.1) is 0 Å². The van der Waals surface area contributed by atoms with Gasteiger partial charge in [0.15, 0.2) is 11.5 Å². The minimum absolute atomic E-state index is 0.747. The molecule has 1 rings (SSSR count). The average Bonchev–Trinajstić information content (AvgIpc) is 2.27. The average molecular weight is 318 g/mol. The molecule has 0 fully saturated rings. The Kier molecular flexibility index (Phi) is 4.92. The monoisotopic (exact) mass is 318 g/mol. The maximum Gasteiger partial charge on any atom is 0.573 e. The molecular formula is C11H8F6O4. The van der Waals surface area contributed by atoms with Crippen LogP contribution in [0.4, 0.5) is 26.3 Å². The van der Waals surface area contributed by atoms with E-state index in [1.807, 2.05) is 0 Å². The van der Waals surface area contributed by atoms with E-state index < -0.39 is 42.5 Å². The summed E-state index contributed by atoms with van der Waals surface area (Å²) in [7, 11) is 0. The summed E-state index contributed by atoms with van der Waals surface area (Å²) in [5.41, 5.74) is 0. The standard InChI is InChI=1S/C11H8F6O4/c12-10(13,14)8(5-9(18)19)20-6-3-1-2-4-7(6)21-11(15,16)17/h1-4,8H,5H2,(H,18,19). The smallest absolute Gasteiger partial charge is 0.481 e. The number of carboxylic acid groups (broad SMARTS) is 1. The highest BCUT2D eigenvalue weighted by atomic mass is 19.4. The number of rotatable bonds is 5. The van der Waals surface area contributed by atoms with Crippen LogP contribution in [0.3, 0.4) is 0 Å². The Hall–Kier alpha value is -2.13. The van der Waals surface area contributed by atoms with Crippen LogP contribution in [0.5, 0.6) is 11.5 Å². The highest BCUT2D eigenvalue weighted by molar-refractivity contribution is 5.67. The van der Waals surface area contributed by atoms with Gasteiger partial charge >= 0.3 is 18.5 Å². The second-order valence-corrected chi connectivity index (χ2v) is 3.74. The van der Waals surface area contributed by atoms with Crippen LogP contribution in [-0.2, 0) is 4.79 Å². The van der Waals surface area contributed by atoms with Gasteiger partial charge in [-0.2, -0.15) is 13.2 Å². The first-order valence-electron chi connectivity index (χ1n) is 5.29. The lowest BCUT2D eigenvalue weighted by atomic mass is 10.2. The third kappa shape index (κ3) is 5.79. The number of carbonyl (C=O) groups is 1. The quantitative estimate of drug-likeness (QED) is 0.846. The molecule has 1 atom stereocenters. The van der Waals surface area contributed by atoms with Crippen molar-refractivity contribution in [3.05, 3.63) is 24.3 Å². The van der Waals surface area contributed by atoms with Gasteiger partial charge < -0.3 is 14.6 Å². The zero-order valence-electron chi connectivity index (χ0n) is 10.0. The van der Waals surface area contributed by atoms with Gasteiger partial charge in [0.05, 0.1) is 6.42 Å². The fourth-order valence-electron chi connectivity index (χ4n) is 1.29. The molecule has 0 saturated carbocycles. The van der Waals surface area contributed by atoms with Gasteiger partial charge in [-0.3, -0.25) is 4.79 Å². The zero-order chi connectivity index (χ0) is 16.3. The molecule has 0 heterocycles. The van der Waals surface area contributed by atoms with Crippen molar-refractivity contribution in [3.63, 3.8) is 0 Å². The third-order valence-corrected chi connectivity index (χ3v) is 2.07. The summed E-state index contributed by atoms with van der Waals surface area (Å²) in [6.07, 6.45) is -14.4. The highest BCUT2D eigenvalue weighted by Gasteiger charge is 2.44. The van der Waals surface area contributed by atoms with Crippen molar-refractivity contribution in [1.29, 1.82) is 0 Å². The van der Waals surface area contributed by atoms with Crippen LogP contribution in [0.1, 0.15) is 6.42 Å². The maximum absolute atomic E-state index is 12.6. The second-order valence-electron chi connectivity index (χ2n) is 3.74. The van der Waals surface area contributed by atoms with Crippen molar-refractivity contribution in [3.8, 4) is 11.5 Å². The van der Waals surface area contributed by atoms with Gasteiger partial charge in [0.2, 0.25) is 6.10 Å². The van der Waals surface area contributed by atoms with Gasteiger partial charge in [-0.15, -0.1) is 13.2 Å². The molecule has 0 aliphatic heterocycles. The largest absolute Gasteiger partial charge is 0.573 e. The molecule has 0 aliphatic carbocycles. The zero-order valence-corrected chi connectivity index (χ0v) is 10.0. The first-order chi connectivity index (χ1) is 9.49. The van der Waals surface area contributed by atoms with Crippen molar-refractivity contribution in [2.24, 2.45) is 0 Å². The molecule has 0 bridgehead atoms. The number of para-hydroxylation sites is 2. The molecule has 1 aromatic rings. The molecule has 21 heavy (non-hydrogen) atoms. The Bertz CT molecular complexity index is 496. The fraction of sp³-hybridized carbons (Fsp3) is 0.364. The summed E-state index contributed by atoms with van der Waals surface area (Å²) in [5, 5.41) is 8.39. The van der Waals surface area contributed by atoms with E-state index in [1.165, 1.54) is 0 Å². The van der Waals surface area contributed by atoms with E-state index in [4.69, 9.17) is 5.11 Å². The first-order valence-corrected chi connectivity index (χ1v) is 5.29. The number of hydrogen-bond donors (Lipinski definition) is 1. The van der Waals surface area contributed by atoms with Crippen LogP contribution in [0.2, 0.25) is 0 Å². The maximum atomic E-state index is 12.6. The topological polar surface area (TPSA) is 55.8 Å². The van der Waals surface area contributed by atoms with E-state index in [0.717, 1.165) is 24.3 Å². The van der Waals surface area contributed by atoms with Gasteiger partial charge in [-0.1, -0.05) is 12.1 Å². The number of hydrogen-bond acceptors (Lipinski definition) is 3. The van der Waals surface area contributed by atoms with Crippen LogP contribution in [0.15, 0.2) is 24.3 Å². The van der Waals surface area contributed by atoms with E-state index >= 15 is 0 Å². The second kappa shape index (κ2) is 6.10. The molecule has 0 aromatic heterocycles. The molecule has 0 saturated heterocycles. The minimum Gasteiger partial charge on any atom is -0.481 e. The molecule has 0 amide bonds. The summed E-state index contributed by atoms with van der Waals surface area (Å²) < 4.78 is 81.9. The summed E-state index contributed by atoms with van der Waals surface area (Å²) in [6.45, 7) is 0. The van der Waals surface area contributed by atoms with Crippen molar-refractivity contribution in [2.45, 2.75) is 25.1 Å². The number of carboxylic acids is 1. The van der Waals surface area contributed by atoms with Crippen LogP contribution in [-0.4, -0.2) is 29.7 Å². The van der Waals surface area contributed by atoms with Gasteiger partial charge in [0, 0.05) is 0 Å². The van der Waals surface area contributed by atoms with Crippen molar-refractivity contribution >= 4 is 5.97 Å². The Morgan fingerprint density at radius 1 is 1.10 bits per heavy atom.